The van der Waals surface area contributed by atoms with Crippen molar-refractivity contribution in [2.75, 3.05) is 7.11 Å². The number of ether oxygens (including phenoxy) is 1. The smallest absolute Gasteiger partial charge is 0.305 e. The number of hydrogen-bond donors (Lipinski definition) is 1. The summed E-state index contributed by atoms with van der Waals surface area (Å²) >= 11 is 0. The van der Waals surface area contributed by atoms with Crippen LogP contribution in [0.15, 0.2) is 53.6 Å². The average Bonchev–Trinajstić information content (AvgIpc) is 2.71. The average molecular weight is 384 g/mol. The summed E-state index contributed by atoms with van der Waals surface area (Å²) < 4.78 is 18.9. The van der Waals surface area contributed by atoms with E-state index in [2.05, 4.69) is 15.3 Å². The minimum absolute atomic E-state index is 0.189. The molecule has 0 heterocycles. The van der Waals surface area contributed by atoms with Crippen LogP contribution in [0.25, 0.3) is 11.1 Å². The topological polar surface area (TPSA) is 67.8 Å². The summed E-state index contributed by atoms with van der Waals surface area (Å²) in [5.41, 5.74) is 4.35. The fourth-order valence-corrected chi connectivity index (χ4v) is 2.71. The number of hydrogen-bond acceptors (Lipinski definition) is 4. The molecule has 0 aliphatic rings. The maximum atomic E-state index is 14.3. The Hall–Kier alpha value is -3.02. The lowest BCUT2D eigenvalue weighted by Gasteiger charge is -2.04. The van der Waals surface area contributed by atoms with Gasteiger partial charge in [0, 0.05) is 18.4 Å². The van der Waals surface area contributed by atoms with Crippen LogP contribution in [0.4, 0.5) is 4.39 Å². The van der Waals surface area contributed by atoms with Gasteiger partial charge in [-0.2, -0.15) is 5.10 Å². The quantitative estimate of drug-likeness (QED) is 0.285. The number of hydrazone groups is 1. The second-order valence-corrected chi connectivity index (χ2v) is 6.39. The van der Waals surface area contributed by atoms with Crippen LogP contribution in [-0.2, 0) is 14.3 Å². The van der Waals surface area contributed by atoms with Gasteiger partial charge < -0.3 is 4.74 Å². The molecule has 0 atom stereocenters. The zero-order valence-corrected chi connectivity index (χ0v) is 16.0. The predicted octanol–water partition coefficient (Wildman–Crippen LogP) is 4.46. The summed E-state index contributed by atoms with van der Waals surface area (Å²) in [6, 6.07) is 14.1. The first-order chi connectivity index (χ1) is 13.6. The van der Waals surface area contributed by atoms with E-state index in [0.717, 1.165) is 31.2 Å². The number of halogens is 1. The molecule has 2 rings (SSSR count). The van der Waals surface area contributed by atoms with Crippen molar-refractivity contribution in [3.63, 3.8) is 0 Å². The predicted molar refractivity (Wildman–Crippen MR) is 107 cm³/mol. The Morgan fingerprint density at radius 2 is 1.75 bits per heavy atom. The van der Waals surface area contributed by atoms with E-state index in [1.165, 1.54) is 19.4 Å². The van der Waals surface area contributed by atoms with Gasteiger partial charge in [-0.05, 0) is 30.0 Å². The SMILES string of the molecule is COC(=O)CCCCCCC(=O)N/N=C/c1ccc(-c2ccccc2)c(F)c1. The third-order valence-electron chi connectivity index (χ3n) is 4.24. The van der Waals surface area contributed by atoms with Gasteiger partial charge >= 0.3 is 5.97 Å². The van der Waals surface area contributed by atoms with Crippen molar-refractivity contribution in [2.45, 2.75) is 38.5 Å². The largest absolute Gasteiger partial charge is 0.469 e. The molecular formula is C22H25FN2O3. The Bertz CT molecular complexity index is 807. The highest BCUT2D eigenvalue weighted by Gasteiger charge is 2.05. The molecule has 0 radical (unpaired) electrons. The van der Waals surface area contributed by atoms with Crippen LogP contribution in [0.2, 0.25) is 0 Å². The highest BCUT2D eigenvalue weighted by molar-refractivity contribution is 5.83. The number of nitrogens with one attached hydrogen (secondary N) is 1. The zero-order valence-electron chi connectivity index (χ0n) is 16.0. The number of carbonyl (C=O) groups excluding carboxylic acids is 2. The van der Waals surface area contributed by atoms with E-state index in [0.29, 0.717) is 24.0 Å². The number of rotatable bonds is 10. The number of unbranched alkanes of at least 4 members (excludes halogenated alkanes) is 3. The van der Waals surface area contributed by atoms with Gasteiger partial charge in [-0.1, -0.05) is 55.3 Å². The fourth-order valence-electron chi connectivity index (χ4n) is 2.71. The summed E-state index contributed by atoms with van der Waals surface area (Å²) in [5, 5.41) is 3.88. The van der Waals surface area contributed by atoms with Crippen LogP contribution in [0.3, 0.4) is 0 Å². The molecule has 1 N–H and O–H groups in total. The lowest BCUT2D eigenvalue weighted by molar-refractivity contribution is -0.140. The number of nitrogens with zero attached hydrogens (tertiary/aromatic N) is 1. The highest BCUT2D eigenvalue weighted by atomic mass is 19.1. The molecule has 1 amide bonds. The Labute approximate surface area is 164 Å². The Balaban J connectivity index is 1.71. The molecule has 0 fully saturated rings. The molecular weight excluding hydrogens is 359 g/mol. The van der Waals surface area contributed by atoms with Gasteiger partial charge in [0.1, 0.15) is 5.82 Å². The second kappa shape index (κ2) is 11.6. The molecule has 0 saturated carbocycles. The summed E-state index contributed by atoms with van der Waals surface area (Å²) in [7, 11) is 1.37. The third-order valence-corrected chi connectivity index (χ3v) is 4.24. The Kier molecular flexibility index (Phi) is 8.85. The molecule has 2 aromatic rings. The number of amides is 1. The second-order valence-electron chi connectivity index (χ2n) is 6.39. The summed E-state index contributed by atoms with van der Waals surface area (Å²) in [6.07, 6.45) is 5.41. The first-order valence-corrected chi connectivity index (χ1v) is 9.34. The van der Waals surface area contributed by atoms with Crippen LogP contribution < -0.4 is 5.43 Å². The van der Waals surface area contributed by atoms with Gasteiger partial charge in [0.25, 0.3) is 0 Å². The van der Waals surface area contributed by atoms with Crippen molar-refractivity contribution in [1.29, 1.82) is 0 Å². The highest BCUT2D eigenvalue weighted by Crippen LogP contribution is 2.22. The monoisotopic (exact) mass is 384 g/mol. The van der Waals surface area contributed by atoms with E-state index in [1.807, 2.05) is 30.3 Å². The molecule has 0 aliphatic carbocycles. The summed E-state index contributed by atoms with van der Waals surface area (Å²) in [4.78, 5) is 22.7. The van der Waals surface area contributed by atoms with Gasteiger partial charge in [0.05, 0.1) is 13.3 Å². The normalized spacial score (nSPS) is 10.8. The van der Waals surface area contributed by atoms with Gasteiger partial charge in [-0.15, -0.1) is 0 Å². The van der Waals surface area contributed by atoms with E-state index < -0.39 is 0 Å². The van der Waals surface area contributed by atoms with Gasteiger partial charge in [0.15, 0.2) is 0 Å². The number of benzene rings is 2. The van der Waals surface area contributed by atoms with Crippen LogP contribution >= 0.6 is 0 Å². The van der Waals surface area contributed by atoms with Crippen molar-refractivity contribution >= 4 is 18.1 Å². The minimum Gasteiger partial charge on any atom is -0.469 e. The zero-order chi connectivity index (χ0) is 20.2. The molecule has 0 aromatic heterocycles. The number of carbonyl (C=O) groups is 2. The summed E-state index contributed by atoms with van der Waals surface area (Å²) in [5.74, 6) is -0.737. The van der Waals surface area contributed by atoms with E-state index in [1.54, 1.807) is 12.1 Å². The van der Waals surface area contributed by atoms with E-state index in [-0.39, 0.29) is 17.7 Å². The molecule has 28 heavy (non-hydrogen) atoms. The Morgan fingerprint density at radius 3 is 2.43 bits per heavy atom. The molecule has 148 valence electrons. The molecule has 2 aromatic carbocycles. The number of esters is 1. The summed E-state index contributed by atoms with van der Waals surface area (Å²) in [6.45, 7) is 0. The van der Waals surface area contributed by atoms with Gasteiger partial charge in [-0.3, -0.25) is 9.59 Å². The maximum absolute atomic E-state index is 14.3. The minimum atomic E-state index is -0.339. The molecule has 0 saturated heterocycles. The van der Waals surface area contributed by atoms with Gasteiger partial charge in [0.2, 0.25) is 5.91 Å². The van der Waals surface area contributed by atoms with Gasteiger partial charge in [-0.25, -0.2) is 9.82 Å². The van der Waals surface area contributed by atoms with Crippen molar-refractivity contribution < 1.29 is 18.7 Å². The first kappa shape index (κ1) is 21.3. The van der Waals surface area contributed by atoms with Crippen LogP contribution in [0.1, 0.15) is 44.1 Å². The number of methoxy groups -OCH3 is 1. The first-order valence-electron chi connectivity index (χ1n) is 9.34. The van der Waals surface area contributed by atoms with Crippen molar-refractivity contribution in [1.82, 2.24) is 5.43 Å². The molecule has 0 bridgehead atoms. The van der Waals surface area contributed by atoms with Crippen LogP contribution in [0, 0.1) is 5.82 Å². The molecule has 5 nitrogen and oxygen atoms in total. The standard InChI is InChI=1S/C22H25FN2O3/c1-28-22(27)12-8-3-2-7-11-21(26)25-24-16-17-13-14-19(20(23)15-17)18-9-5-4-6-10-18/h4-6,9-10,13-16H,2-3,7-8,11-12H2,1H3,(H,25,26)/b24-16+. The van der Waals surface area contributed by atoms with Crippen LogP contribution in [0.5, 0.6) is 0 Å². The Morgan fingerprint density at radius 1 is 1.04 bits per heavy atom. The molecule has 0 aliphatic heterocycles. The molecule has 0 unspecified atom stereocenters. The fraction of sp³-hybridized carbons (Fsp3) is 0.318. The van der Waals surface area contributed by atoms with Crippen molar-refractivity contribution in [3.8, 4) is 11.1 Å². The molecule has 0 spiro atoms. The van der Waals surface area contributed by atoms with Crippen molar-refractivity contribution in [3.05, 3.63) is 59.9 Å². The van der Waals surface area contributed by atoms with E-state index >= 15 is 0 Å². The van der Waals surface area contributed by atoms with E-state index in [4.69, 9.17) is 0 Å². The third kappa shape index (κ3) is 7.31. The maximum Gasteiger partial charge on any atom is 0.305 e. The van der Waals surface area contributed by atoms with E-state index in [9.17, 15) is 14.0 Å². The lowest BCUT2D eigenvalue weighted by Crippen LogP contribution is -2.16. The van der Waals surface area contributed by atoms with Crippen molar-refractivity contribution in [2.24, 2.45) is 5.10 Å². The lowest BCUT2D eigenvalue weighted by atomic mass is 10.0. The molecule has 6 heteroatoms. The van der Waals surface area contributed by atoms with Crippen LogP contribution in [-0.4, -0.2) is 25.2 Å².